The molecule has 0 radical (unpaired) electrons. The van der Waals surface area contributed by atoms with E-state index in [0.29, 0.717) is 19.3 Å². The monoisotopic (exact) mass is 418 g/mol. The molecule has 4 aliphatic rings. The maximum absolute atomic E-state index is 17.0. The summed E-state index contributed by atoms with van der Waals surface area (Å²) >= 11 is 0. The van der Waals surface area contributed by atoms with Crippen LogP contribution >= 0.6 is 0 Å². The fourth-order valence-corrected chi connectivity index (χ4v) is 7.67. The quantitative estimate of drug-likeness (QED) is 0.728. The van der Waals surface area contributed by atoms with Crippen LogP contribution in [0.25, 0.3) is 0 Å². The number of carbonyl (C=O) groups is 2. The highest BCUT2D eigenvalue weighted by atomic mass is 19.1. The van der Waals surface area contributed by atoms with Gasteiger partial charge in [-0.25, -0.2) is 4.39 Å². The fourth-order valence-electron chi connectivity index (χ4n) is 7.67. The lowest BCUT2D eigenvalue weighted by atomic mass is 9.44. The van der Waals surface area contributed by atoms with E-state index in [4.69, 9.17) is 0 Å². The van der Waals surface area contributed by atoms with Crippen molar-refractivity contribution < 1.29 is 24.2 Å². The molecule has 0 saturated heterocycles. The van der Waals surface area contributed by atoms with E-state index in [2.05, 4.69) is 0 Å². The van der Waals surface area contributed by atoms with E-state index in [9.17, 15) is 19.8 Å². The van der Waals surface area contributed by atoms with Crippen molar-refractivity contribution in [2.24, 2.45) is 34.5 Å². The number of rotatable bonds is 3. The highest BCUT2D eigenvalue weighted by Crippen LogP contribution is 2.70. The van der Waals surface area contributed by atoms with Crippen molar-refractivity contribution in [3.63, 3.8) is 0 Å². The minimum Gasteiger partial charge on any atom is -0.390 e. The normalized spacial score (nSPS) is 50.0. The Balaban J connectivity index is 1.79. The summed E-state index contributed by atoms with van der Waals surface area (Å²) in [4.78, 5) is 25.2. The van der Waals surface area contributed by atoms with Gasteiger partial charge in [0, 0.05) is 23.2 Å². The SMILES string of the molecule is CC(C)CC(=O)[C@@]1(O)[C@@H](C)C[C@H]2[C@@H]3CCC4=CC(=O)C=C[C@]4(C)[C@@]3(F)[C@@H](O)C[C@@]21C. The third-order valence-electron chi connectivity index (χ3n) is 9.24. The van der Waals surface area contributed by atoms with Gasteiger partial charge < -0.3 is 10.2 Å². The molecule has 0 amide bonds. The standard InChI is InChI=1S/C25H35FO4/c1-14(2)10-20(28)25(30)15(3)11-19-18-7-6-16-12-17(27)8-9-22(16,4)24(18,26)21(29)13-23(19,25)5/h8-9,12,14-15,18-19,21,29-30H,6-7,10-11,13H2,1-5H3/t15-,18-,19-,21-,22-,23-,24-,25-/m0/s1. The van der Waals surface area contributed by atoms with Crippen LogP contribution in [0, 0.1) is 34.5 Å². The first-order chi connectivity index (χ1) is 13.8. The van der Waals surface area contributed by atoms with Crippen LogP contribution in [0.15, 0.2) is 23.8 Å². The van der Waals surface area contributed by atoms with Crippen LogP contribution in [-0.2, 0) is 9.59 Å². The molecule has 0 unspecified atom stereocenters. The van der Waals surface area contributed by atoms with Crippen LogP contribution in [0.1, 0.15) is 66.7 Å². The number of aliphatic hydroxyl groups excluding tert-OH is 1. The molecule has 0 aromatic rings. The predicted octanol–water partition coefficient (Wildman–Crippen LogP) is 3.95. The number of carbonyl (C=O) groups excluding carboxylic acids is 2. The molecule has 0 aromatic carbocycles. The number of hydrogen-bond acceptors (Lipinski definition) is 4. The Labute approximate surface area is 178 Å². The van der Waals surface area contributed by atoms with E-state index in [0.717, 1.165) is 5.57 Å². The number of hydrogen-bond donors (Lipinski definition) is 2. The maximum Gasteiger partial charge on any atom is 0.178 e. The Bertz CT molecular complexity index is 846. The predicted molar refractivity (Wildman–Crippen MR) is 112 cm³/mol. The van der Waals surface area contributed by atoms with Crippen molar-refractivity contribution in [3.8, 4) is 0 Å². The van der Waals surface area contributed by atoms with E-state index in [1.54, 1.807) is 13.0 Å². The Kier molecular flexibility index (Phi) is 4.80. The third kappa shape index (κ3) is 2.45. The van der Waals surface area contributed by atoms with Gasteiger partial charge in [-0.3, -0.25) is 9.59 Å². The lowest BCUT2D eigenvalue weighted by molar-refractivity contribution is -0.219. The van der Waals surface area contributed by atoms with Gasteiger partial charge in [0.05, 0.1) is 6.10 Å². The van der Waals surface area contributed by atoms with Crippen molar-refractivity contribution in [1.29, 1.82) is 0 Å². The minimum atomic E-state index is -1.93. The number of halogens is 1. The number of alkyl halides is 1. The molecule has 0 aromatic heterocycles. The second-order valence-corrected chi connectivity index (χ2v) is 11.2. The number of aliphatic hydroxyl groups is 2. The first kappa shape index (κ1) is 21.9. The highest BCUT2D eigenvalue weighted by molar-refractivity contribution is 6.01. The molecule has 0 heterocycles. The van der Waals surface area contributed by atoms with Gasteiger partial charge in [0.2, 0.25) is 0 Å². The number of fused-ring (bicyclic) bond motifs is 5. The molecule has 4 rings (SSSR count). The summed E-state index contributed by atoms with van der Waals surface area (Å²) < 4.78 is 17.0. The molecule has 3 saturated carbocycles. The molecule has 5 heteroatoms. The fraction of sp³-hybridized carbons (Fsp3) is 0.760. The van der Waals surface area contributed by atoms with E-state index >= 15 is 4.39 Å². The van der Waals surface area contributed by atoms with Gasteiger partial charge in [-0.2, -0.15) is 0 Å². The summed E-state index contributed by atoms with van der Waals surface area (Å²) in [5.41, 5.74) is -4.65. The molecule has 0 aliphatic heterocycles. The van der Waals surface area contributed by atoms with Crippen LogP contribution in [0.5, 0.6) is 0 Å². The summed E-state index contributed by atoms with van der Waals surface area (Å²) in [5, 5.41) is 23.1. The Morgan fingerprint density at radius 1 is 1.30 bits per heavy atom. The van der Waals surface area contributed by atoms with Crippen molar-refractivity contribution >= 4 is 11.6 Å². The molecule has 0 bridgehead atoms. The van der Waals surface area contributed by atoms with Gasteiger partial charge in [-0.15, -0.1) is 0 Å². The Morgan fingerprint density at radius 3 is 2.60 bits per heavy atom. The number of Topliss-reactive ketones (excluding diaryl/α,β-unsaturated/α-hetero) is 1. The van der Waals surface area contributed by atoms with Crippen LogP contribution in [0.2, 0.25) is 0 Å². The summed E-state index contributed by atoms with van der Waals surface area (Å²) in [6, 6.07) is 0. The number of allylic oxidation sites excluding steroid dienone is 4. The first-order valence-electron chi connectivity index (χ1n) is 11.4. The molecular formula is C25H35FO4. The van der Waals surface area contributed by atoms with E-state index in [1.165, 1.54) is 12.2 Å². The second-order valence-electron chi connectivity index (χ2n) is 11.2. The molecule has 4 nitrogen and oxygen atoms in total. The van der Waals surface area contributed by atoms with Gasteiger partial charge in [0.15, 0.2) is 17.2 Å². The number of ketones is 2. The lowest BCUT2D eigenvalue weighted by Crippen LogP contribution is -2.69. The van der Waals surface area contributed by atoms with E-state index in [1.807, 2.05) is 27.7 Å². The molecule has 4 aliphatic carbocycles. The minimum absolute atomic E-state index is 0.0417. The van der Waals surface area contributed by atoms with Gasteiger partial charge in [0.25, 0.3) is 0 Å². The zero-order valence-electron chi connectivity index (χ0n) is 18.7. The Morgan fingerprint density at radius 2 is 1.97 bits per heavy atom. The first-order valence-corrected chi connectivity index (χ1v) is 11.4. The topological polar surface area (TPSA) is 74.6 Å². The summed E-state index contributed by atoms with van der Waals surface area (Å²) in [6.07, 6.45) is 5.24. The molecule has 3 fully saturated rings. The van der Waals surface area contributed by atoms with E-state index < -0.39 is 34.1 Å². The van der Waals surface area contributed by atoms with Gasteiger partial charge >= 0.3 is 0 Å². The van der Waals surface area contributed by atoms with Crippen LogP contribution in [0.3, 0.4) is 0 Å². The van der Waals surface area contributed by atoms with Crippen molar-refractivity contribution in [2.45, 2.75) is 84.1 Å². The van der Waals surface area contributed by atoms with Crippen molar-refractivity contribution in [1.82, 2.24) is 0 Å². The lowest BCUT2D eigenvalue weighted by Gasteiger charge is -2.62. The molecule has 2 N–H and O–H groups in total. The largest absolute Gasteiger partial charge is 0.390 e. The van der Waals surface area contributed by atoms with Gasteiger partial charge in [-0.05, 0) is 62.5 Å². The van der Waals surface area contributed by atoms with Gasteiger partial charge in [-0.1, -0.05) is 39.3 Å². The average Bonchev–Trinajstić information content (AvgIpc) is 2.85. The molecular weight excluding hydrogens is 383 g/mol. The second kappa shape index (κ2) is 6.59. The van der Waals surface area contributed by atoms with Crippen LogP contribution in [0.4, 0.5) is 4.39 Å². The maximum atomic E-state index is 17.0. The molecule has 0 spiro atoms. The van der Waals surface area contributed by atoms with Gasteiger partial charge in [0.1, 0.15) is 5.60 Å². The van der Waals surface area contributed by atoms with Crippen molar-refractivity contribution in [3.05, 3.63) is 23.8 Å². The molecule has 166 valence electrons. The third-order valence-corrected chi connectivity index (χ3v) is 9.24. The van der Waals surface area contributed by atoms with E-state index in [-0.39, 0.29) is 42.2 Å². The molecule has 8 atom stereocenters. The Hall–Kier alpha value is -1.33. The highest BCUT2D eigenvalue weighted by Gasteiger charge is 2.75. The summed E-state index contributed by atoms with van der Waals surface area (Å²) in [6.45, 7) is 9.47. The zero-order valence-corrected chi connectivity index (χ0v) is 18.7. The summed E-state index contributed by atoms with van der Waals surface area (Å²) in [5.74, 6) is -1.17. The smallest absolute Gasteiger partial charge is 0.178 e. The van der Waals surface area contributed by atoms with Crippen LogP contribution < -0.4 is 0 Å². The van der Waals surface area contributed by atoms with Crippen LogP contribution in [-0.4, -0.2) is 39.2 Å². The molecule has 30 heavy (non-hydrogen) atoms. The summed E-state index contributed by atoms with van der Waals surface area (Å²) in [7, 11) is 0. The average molecular weight is 419 g/mol. The zero-order chi connectivity index (χ0) is 22.3. The van der Waals surface area contributed by atoms with Crippen molar-refractivity contribution in [2.75, 3.05) is 0 Å².